The quantitative estimate of drug-likeness (QED) is 0.842. The van der Waals surface area contributed by atoms with Gasteiger partial charge in [-0.2, -0.15) is 0 Å². The summed E-state index contributed by atoms with van der Waals surface area (Å²) in [6.07, 6.45) is 0.457. The molecule has 1 aromatic carbocycles. The zero-order chi connectivity index (χ0) is 14.5. The summed E-state index contributed by atoms with van der Waals surface area (Å²) >= 11 is 5.97. The van der Waals surface area contributed by atoms with E-state index in [1.54, 1.807) is 32.2 Å². The first-order chi connectivity index (χ1) is 8.85. The second-order valence-corrected chi connectivity index (χ2v) is 5.29. The van der Waals surface area contributed by atoms with Crippen LogP contribution in [0, 0.1) is 6.92 Å². The molecule has 0 aliphatic rings. The fourth-order valence-electron chi connectivity index (χ4n) is 1.52. The molecule has 106 valence electrons. The van der Waals surface area contributed by atoms with Crippen LogP contribution < -0.4 is 5.32 Å². The number of aryl methyl sites for hydroxylation is 1. The Morgan fingerprint density at radius 2 is 2.21 bits per heavy atom. The van der Waals surface area contributed by atoms with E-state index in [-0.39, 0.29) is 12.5 Å². The van der Waals surface area contributed by atoms with Gasteiger partial charge in [0, 0.05) is 37.3 Å². The number of halogens is 1. The molecule has 0 saturated heterocycles. The molecule has 1 aromatic rings. The summed E-state index contributed by atoms with van der Waals surface area (Å²) < 4.78 is 4.91. The molecule has 19 heavy (non-hydrogen) atoms. The van der Waals surface area contributed by atoms with E-state index in [9.17, 15) is 9.90 Å². The Labute approximate surface area is 118 Å². The number of rotatable bonds is 6. The smallest absolute Gasteiger partial charge is 0.251 e. The topological polar surface area (TPSA) is 58.6 Å². The highest BCUT2D eigenvalue weighted by atomic mass is 35.5. The summed E-state index contributed by atoms with van der Waals surface area (Å²) in [5, 5.41) is 13.3. The third-order valence-corrected chi connectivity index (χ3v) is 3.32. The maximum absolute atomic E-state index is 11.9. The van der Waals surface area contributed by atoms with Crippen molar-refractivity contribution < 1.29 is 14.6 Å². The van der Waals surface area contributed by atoms with Gasteiger partial charge in [0.25, 0.3) is 5.91 Å². The highest BCUT2D eigenvalue weighted by Gasteiger charge is 2.21. The Morgan fingerprint density at radius 3 is 2.79 bits per heavy atom. The monoisotopic (exact) mass is 285 g/mol. The van der Waals surface area contributed by atoms with Gasteiger partial charge in [-0.25, -0.2) is 0 Å². The van der Waals surface area contributed by atoms with Crippen molar-refractivity contribution in [3.63, 3.8) is 0 Å². The Morgan fingerprint density at radius 1 is 1.53 bits per heavy atom. The van der Waals surface area contributed by atoms with Crippen LogP contribution in [0.1, 0.15) is 29.3 Å². The van der Waals surface area contributed by atoms with Gasteiger partial charge in [-0.15, -0.1) is 0 Å². The lowest BCUT2D eigenvalue weighted by Gasteiger charge is -2.23. The second kappa shape index (κ2) is 6.89. The molecule has 1 amide bonds. The van der Waals surface area contributed by atoms with Crippen LogP contribution in [0.15, 0.2) is 18.2 Å². The lowest BCUT2D eigenvalue weighted by Crippen LogP contribution is -2.41. The average Bonchev–Trinajstić information content (AvgIpc) is 2.37. The molecule has 0 aliphatic heterocycles. The maximum Gasteiger partial charge on any atom is 0.251 e. The molecule has 0 bridgehead atoms. The molecule has 0 radical (unpaired) electrons. The van der Waals surface area contributed by atoms with E-state index >= 15 is 0 Å². The number of ether oxygens (including phenoxy) is 1. The fraction of sp³-hybridized carbons (Fsp3) is 0.500. The minimum atomic E-state index is -0.986. The van der Waals surface area contributed by atoms with E-state index in [4.69, 9.17) is 16.3 Å². The van der Waals surface area contributed by atoms with Gasteiger partial charge in [0.1, 0.15) is 0 Å². The summed E-state index contributed by atoms with van der Waals surface area (Å²) in [7, 11) is 1.57. The van der Waals surface area contributed by atoms with E-state index in [0.717, 1.165) is 5.56 Å². The van der Waals surface area contributed by atoms with Gasteiger partial charge in [-0.1, -0.05) is 17.7 Å². The lowest BCUT2D eigenvalue weighted by atomic mass is 10.0. The molecule has 1 atom stereocenters. The normalized spacial score (nSPS) is 13.9. The number of carbonyl (C=O) groups is 1. The molecule has 5 heteroatoms. The second-order valence-electron chi connectivity index (χ2n) is 4.89. The van der Waals surface area contributed by atoms with E-state index in [2.05, 4.69) is 5.32 Å². The van der Waals surface area contributed by atoms with Crippen LogP contribution in [0.3, 0.4) is 0 Å². The molecule has 0 heterocycles. The minimum Gasteiger partial charge on any atom is -0.388 e. The largest absolute Gasteiger partial charge is 0.388 e. The predicted octanol–water partition coefficient (Wildman–Crippen LogP) is 2.17. The number of benzene rings is 1. The molecule has 0 fully saturated rings. The van der Waals surface area contributed by atoms with Crippen molar-refractivity contribution in [2.75, 3.05) is 20.3 Å². The number of nitrogens with one attached hydrogen (secondary N) is 1. The Hall–Kier alpha value is -1.10. The zero-order valence-corrected chi connectivity index (χ0v) is 12.3. The Balaban J connectivity index is 2.57. The van der Waals surface area contributed by atoms with Gasteiger partial charge >= 0.3 is 0 Å². The van der Waals surface area contributed by atoms with Crippen LogP contribution in [0.2, 0.25) is 5.02 Å². The van der Waals surface area contributed by atoms with E-state index < -0.39 is 5.60 Å². The van der Waals surface area contributed by atoms with E-state index in [1.807, 2.05) is 6.92 Å². The van der Waals surface area contributed by atoms with Crippen molar-refractivity contribution in [3.8, 4) is 0 Å². The average molecular weight is 286 g/mol. The van der Waals surface area contributed by atoms with Crippen molar-refractivity contribution in [2.24, 2.45) is 0 Å². The third-order valence-electron chi connectivity index (χ3n) is 2.91. The van der Waals surface area contributed by atoms with Gasteiger partial charge in [0.15, 0.2) is 0 Å². The van der Waals surface area contributed by atoms with Crippen LogP contribution in [-0.4, -0.2) is 36.9 Å². The standard InChI is InChI=1S/C14H20ClNO3/c1-10-4-5-11(8-12(10)15)13(17)16-9-14(2,18)6-7-19-3/h4-5,8,18H,6-7,9H2,1-3H3,(H,16,17). The third kappa shape index (κ3) is 5.19. The fourth-order valence-corrected chi connectivity index (χ4v) is 1.70. The first-order valence-electron chi connectivity index (χ1n) is 6.11. The van der Waals surface area contributed by atoms with Crippen molar-refractivity contribution in [3.05, 3.63) is 34.3 Å². The Bertz CT molecular complexity index is 446. The Kier molecular flexibility index (Phi) is 5.79. The lowest BCUT2D eigenvalue weighted by molar-refractivity contribution is 0.0243. The molecule has 4 nitrogen and oxygen atoms in total. The molecule has 2 N–H and O–H groups in total. The van der Waals surface area contributed by atoms with Gasteiger partial charge in [-0.3, -0.25) is 4.79 Å². The molecule has 0 aromatic heterocycles. The number of hydrogen-bond acceptors (Lipinski definition) is 3. The molecule has 0 aliphatic carbocycles. The highest BCUT2D eigenvalue weighted by molar-refractivity contribution is 6.31. The summed E-state index contributed by atoms with van der Waals surface area (Å²) in [6.45, 7) is 4.15. The number of carbonyl (C=O) groups excluding carboxylic acids is 1. The summed E-state index contributed by atoms with van der Waals surface area (Å²) in [4.78, 5) is 11.9. The van der Waals surface area contributed by atoms with Crippen LogP contribution in [0.4, 0.5) is 0 Å². The van der Waals surface area contributed by atoms with Gasteiger partial charge in [-0.05, 0) is 31.5 Å². The molecule has 0 spiro atoms. The maximum atomic E-state index is 11.9. The van der Waals surface area contributed by atoms with Crippen LogP contribution in [0.25, 0.3) is 0 Å². The highest BCUT2D eigenvalue weighted by Crippen LogP contribution is 2.16. The number of methoxy groups -OCH3 is 1. The van der Waals surface area contributed by atoms with Crippen LogP contribution >= 0.6 is 11.6 Å². The predicted molar refractivity (Wildman–Crippen MR) is 75.6 cm³/mol. The van der Waals surface area contributed by atoms with Crippen molar-refractivity contribution in [2.45, 2.75) is 25.9 Å². The zero-order valence-electron chi connectivity index (χ0n) is 11.5. The summed E-state index contributed by atoms with van der Waals surface area (Å²) in [5.41, 5.74) is 0.420. The van der Waals surface area contributed by atoms with Gasteiger partial charge in [0.2, 0.25) is 0 Å². The molecular weight excluding hydrogens is 266 g/mol. The first kappa shape index (κ1) is 16.0. The number of amides is 1. The molecule has 0 saturated carbocycles. The van der Waals surface area contributed by atoms with Crippen molar-refractivity contribution in [1.29, 1.82) is 0 Å². The first-order valence-corrected chi connectivity index (χ1v) is 6.49. The van der Waals surface area contributed by atoms with Gasteiger partial charge in [0.05, 0.1) is 5.60 Å². The molecular formula is C14H20ClNO3. The van der Waals surface area contributed by atoms with E-state index in [0.29, 0.717) is 23.6 Å². The molecule has 1 unspecified atom stereocenters. The minimum absolute atomic E-state index is 0.167. The van der Waals surface area contributed by atoms with Crippen molar-refractivity contribution >= 4 is 17.5 Å². The molecule has 1 rings (SSSR count). The van der Waals surface area contributed by atoms with Crippen LogP contribution in [-0.2, 0) is 4.74 Å². The number of hydrogen-bond donors (Lipinski definition) is 2. The van der Waals surface area contributed by atoms with Gasteiger partial charge < -0.3 is 15.2 Å². The number of aliphatic hydroxyl groups is 1. The van der Waals surface area contributed by atoms with E-state index in [1.165, 1.54) is 0 Å². The SMILES string of the molecule is COCCC(C)(O)CNC(=O)c1ccc(C)c(Cl)c1. The van der Waals surface area contributed by atoms with Crippen molar-refractivity contribution in [1.82, 2.24) is 5.32 Å². The van der Waals surface area contributed by atoms with Crippen LogP contribution in [0.5, 0.6) is 0 Å². The summed E-state index contributed by atoms with van der Waals surface area (Å²) in [5.74, 6) is -0.250. The summed E-state index contributed by atoms with van der Waals surface area (Å²) in [6, 6.07) is 5.12.